The standard InChI is InChI=1S/C13H15N3O2/c1-8-4-9(2)11(10(3)5-8)7-16-14-6-12(15-16)13(17)18/h4-6H,7H2,1-3H3,(H,17,18). The third-order valence-corrected chi connectivity index (χ3v) is 2.90. The van der Waals surface area contributed by atoms with E-state index in [-0.39, 0.29) is 5.69 Å². The Kier molecular flexibility index (Phi) is 3.14. The number of aryl methyl sites for hydroxylation is 3. The fraction of sp³-hybridized carbons (Fsp3) is 0.308. The van der Waals surface area contributed by atoms with Gasteiger partial charge in [-0.05, 0) is 37.5 Å². The molecule has 94 valence electrons. The quantitative estimate of drug-likeness (QED) is 0.897. The zero-order chi connectivity index (χ0) is 13.3. The summed E-state index contributed by atoms with van der Waals surface area (Å²) in [6.07, 6.45) is 1.27. The zero-order valence-electron chi connectivity index (χ0n) is 10.6. The molecule has 0 aliphatic rings. The third-order valence-electron chi connectivity index (χ3n) is 2.90. The Morgan fingerprint density at radius 1 is 1.28 bits per heavy atom. The highest BCUT2D eigenvalue weighted by atomic mass is 16.4. The maximum Gasteiger partial charge on any atom is 0.358 e. The highest BCUT2D eigenvalue weighted by molar-refractivity contribution is 5.84. The summed E-state index contributed by atoms with van der Waals surface area (Å²) in [4.78, 5) is 12.1. The predicted octanol–water partition coefficient (Wildman–Crippen LogP) is 1.95. The Bertz CT molecular complexity index is 579. The van der Waals surface area contributed by atoms with Gasteiger partial charge in [-0.2, -0.15) is 9.90 Å². The summed E-state index contributed by atoms with van der Waals surface area (Å²) in [6.45, 7) is 6.62. The molecule has 0 amide bonds. The Morgan fingerprint density at radius 2 is 1.89 bits per heavy atom. The highest BCUT2D eigenvalue weighted by Crippen LogP contribution is 2.17. The lowest BCUT2D eigenvalue weighted by Crippen LogP contribution is -2.08. The topological polar surface area (TPSA) is 68.0 Å². The van der Waals surface area contributed by atoms with Crippen molar-refractivity contribution in [1.29, 1.82) is 0 Å². The number of rotatable bonds is 3. The van der Waals surface area contributed by atoms with Gasteiger partial charge in [0.25, 0.3) is 0 Å². The van der Waals surface area contributed by atoms with E-state index in [0.29, 0.717) is 6.54 Å². The molecule has 1 aromatic heterocycles. The maximum atomic E-state index is 10.7. The number of benzene rings is 1. The van der Waals surface area contributed by atoms with E-state index in [1.54, 1.807) is 0 Å². The molecule has 0 fully saturated rings. The molecule has 0 saturated carbocycles. The van der Waals surface area contributed by atoms with Gasteiger partial charge in [-0.3, -0.25) is 0 Å². The second kappa shape index (κ2) is 4.60. The van der Waals surface area contributed by atoms with Crippen molar-refractivity contribution >= 4 is 5.97 Å². The van der Waals surface area contributed by atoms with Crippen molar-refractivity contribution in [2.24, 2.45) is 0 Å². The minimum absolute atomic E-state index is 0.0302. The Hall–Kier alpha value is -2.17. The molecule has 18 heavy (non-hydrogen) atoms. The van der Waals surface area contributed by atoms with Gasteiger partial charge in [-0.25, -0.2) is 4.79 Å². The molecule has 2 rings (SSSR count). The van der Waals surface area contributed by atoms with Crippen LogP contribution in [0.25, 0.3) is 0 Å². The van der Waals surface area contributed by atoms with Crippen LogP contribution in [0.4, 0.5) is 0 Å². The molecule has 0 spiro atoms. The van der Waals surface area contributed by atoms with E-state index in [1.165, 1.54) is 27.7 Å². The van der Waals surface area contributed by atoms with Crippen LogP contribution in [0.2, 0.25) is 0 Å². The Morgan fingerprint density at radius 3 is 2.39 bits per heavy atom. The van der Waals surface area contributed by atoms with Crippen LogP contribution >= 0.6 is 0 Å². The van der Waals surface area contributed by atoms with Crippen LogP contribution in [-0.4, -0.2) is 26.1 Å². The van der Waals surface area contributed by atoms with Crippen molar-refractivity contribution in [3.63, 3.8) is 0 Å². The van der Waals surface area contributed by atoms with E-state index >= 15 is 0 Å². The van der Waals surface area contributed by atoms with Gasteiger partial charge >= 0.3 is 5.97 Å². The average Bonchev–Trinajstić information content (AvgIpc) is 2.71. The summed E-state index contributed by atoms with van der Waals surface area (Å²) < 4.78 is 0. The molecular formula is C13H15N3O2. The summed E-state index contributed by atoms with van der Waals surface area (Å²) in [5.41, 5.74) is 4.65. The van der Waals surface area contributed by atoms with Crippen molar-refractivity contribution in [3.8, 4) is 0 Å². The number of carboxylic acids is 1. The molecule has 0 unspecified atom stereocenters. The Balaban J connectivity index is 2.31. The molecular weight excluding hydrogens is 230 g/mol. The molecule has 0 aliphatic heterocycles. The molecule has 1 N–H and O–H groups in total. The van der Waals surface area contributed by atoms with Gasteiger partial charge in [-0.1, -0.05) is 17.7 Å². The van der Waals surface area contributed by atoms with Crippen molar-refractivity contribution in [1.82, 2.24) is 15.0 Å². The van der Waals surface area contributed by atoms with E-state index in [2.05, 4.69) is 29.3 Å². The summed E-state index contributed by atoms with van der Waals surface area (Å²) in [7, 11) is 0. The van der Waals surface area contributed by atoms with Crippen LogP contribution in [0.1, 0.15) is 32.7 Å². The second-order valence-corrected chi connectivity index (χ2v) is 4.44. The Labute approximate surface area is 105 Å². The van der Waals surface area contributed by atoms with Gasteiger partial charge in [0, 0.05) is 0 Å². The molecule has 5 nitrogen and oxygen atoms in total. The number of aromatic nitrogens is 3. The minimum Gasteiger partial charge on any atom is -0.476 e. The van der Waals surface area contributed by atoms with Crippen LogP contribution < -0.4 is 0 Å². The number of hydrogen-bond acceptors (Lipinski definition) is 3. The SMILES string of the molecule is Cc1cc(C)c(Cn2ncc(C(=O)O)n2)c(C)c1. The molecule has 0 saturated heterocycles. The normalized spacial score (nSPS) is 10.6. The average molecular weight is 245 g/mol. The summed E-state index contributed by atoms with van der Waals surface area (Å²) in [5, 5.41) is 16.7. The lowest BCUT2D eigenvalue weighted by Gasteiger charge is -2.10. The number of carbonyl (C=O) groups is 1. The number of aromatic carboxylic acids is 1. The molecule has 0 atom stereocenters. The predicted molar refractivity (Wildman–Crippen MR) is 66.7 cm³/mol. The van der Waals surface area contributed by atoms with Gasteiger partial charge in [0.1, 0.15) is 0 Å². The molecule has 0 radical (unpaired) electrons. The summed E-state index contributed by atoms with van der Waals surface area (Å²) >= 11 is 0. The molecule has 0 aliphatic carbocycles. The smallest absolute Gasteiger partial charge is 0.358 e. The second-order valence-electron chi connectivity index (χ2n) is 4.44. The lowest BCUT2D eigenvalue weighted by atomic mass is 10.00. The fourth-order valence-electron chi connectivity index (χ4n) is 2.07. The number of carboxylic acid groups (broad SMARTS) is 1. The van der Waals surface area contributed by atoms with E-state index in [0.717, 1.165) is 5.56 Å². The number of nitrogens with zero attached hydrogens (tertiary/aromatic N) is 3. The molecule has 5 heteroatoms. The van der Waals surface area contributed by atoms with Crippen molar-refractivity contribution in [3.05, 3.63) is 46.3 Å². The van der Waals surface area contributed by atoms with Crippen LogP contribution in [0.5, 0.6) is 0 Å². The van der Waals surface area contributed by atoms with Gasteiger partial charge in [0.2, 0.25) is 0 Å². The van der Waals surface area contributed by atoms with Crippen LogP contribution in [-0.2, 0) is 6.54 Å². The van der Waals surface area contributed by atoms with Crippen molar-refractivity contribution < 1.29 is 9.90 Å². The first kappa shape index (κ1) is 12.3. The first-order valence-electron chi connectivity index (χ1n) is 5.67. The van der Waals surface area contributed by atoms with E-state index in [1.807, 2.05) is 13.8 Å². The minimum atomic E-state index is -1.06. The van der Waals surface area contributed by atoms with Gasteiger partial charge in [0.15, 0.2) is 5.69 Å². The monoisotopic (exact) mass is 245 g/mol. The number of hydrogen-bond donors (Lipinski definition) is 1. The highest BCUT2D eigenvalue weighted by Gasteiger charge is 2.10. The summed E-state index contributed by atoms with van der Waals surface area (Å²) in [6, 6.07) is 4.20. The first-order valence-corrected chi connectivity index (χ1v) is 5.67. The van der Waals surface area contributed by atoms with Gasteiger partial charge in [0.05, 0.1) is 12.7 Å². The van der Waals surface area contributed by atoms with E-state index < -0.39 is 5.97 Å². The zero-order valence-corrected chi connectivity index (χ0v) is 10.6. The lowest BCUT2D eigenvalue weighted by molar-refractivity contribution is 0.0689. The van der Waals surface area contributed by atoms with E-state index in [9.17, 15) is 4.79 Å². The molecule has 1 aromatic carbocycles. The van der Waals surface area contributed by atoms with Gasteiger partial charge < -0.3 is 5.11 Å². The first-order chi connectivity index (χ1) is 8.47. The molecule has 2 aromatic rings. The largest absolute Gasteiger partial charge is 0.476 e. The van der Waals surface area contributed by atoms with E-state index in [4.69, 9.17) is 5.11 Å². The van der Waals surface area contributed by atoms with Crippen LogP contribution in [0.15, 0.2) is 18.3 Å². The fourth-order valence-corrected chi connectivity index (χ4v) is 2.07. The third kappa shape index (κ3) is 2.40. The van der Waals surface area contributed by atoms with Crippen LogP contribution in [0.3, 0.4) is 0 Å². The van der Waals surface area contributed by atoms with Crippen molar-refractivity contribution in [2.45, 2.75) is 27.3 Å². The maximum absolute atomic E-state index is 10.7. The van der Waals surface area contributed by atoms with Crippen molar-refractivity contribution in [2.75, 3.05) is 0 Å². The molecule has 1 heterocycles. The molecule has 0 bridgehead atoms. The van der Waals surface area contributed by atoms with Gasteiger partial charge in [-0.15, -0.1) is 5.10 Å². The van der Waals surface area contributed by atoms with Crippen LogP contribution in [0, 0.1) is 20.8 Å². The summed E-state index contributed by atoms with van der Waals surface area (Å²) in [5.74, 6) is -1.06.